The molecule has 0 spiro atoms. The van der Waals surface area contributed by atoms with Crippen LogP contribution in [0.3, 0.4) is 0 Å². The number of ether oxygens (including phenoxy) is 1. The van der Waals surface area contributed by atoms with Gasteiger partial charge in [0.25, 0.3) is 0 Å². The second kappa shape index (κ2) is 6.06. The van der Waals surface area contributed by atoms with Crippen LogP contribution in [0.15, 0.2) is 36.4 Å². The lowest BCUT2D eigenvalue weighted by molar-refractivity contribution is 0.0341. The number of hydrogen-bond acceptors (Lipinski definition) is 4. The minimum Gasteiger partial charge on any atom is -0.379 e. The molecule has 22 heavy (non-hydrogen) atoms. The van der Waals surface area contributed by atoms with Gasteiger partial charge in [-0.25, -0.2) is 9.97 Å². The smallest absolute Gasteiger partial charge is 0.103 e. The Morgan fingerprint density at radius 1 is 0.955 bits per heavy atom. The minimum absolute atomic E-state index is 0.828. The lowest BCUT2D eigenvalue weighted by Crippen LogP contribution is -2.35. The Morgan fingerprint density at radius 2 is 1.68 bits per heavy atom. The van der Waals surface area contributed by atoms with E-state index >= 15 is 0 Å². The fourth-order valence-electron chi connectivity index (χ4n) is 2.82. The fourth-order valence-corrected chi connectivity index (χ4v) is 3.57. The summed E-state index contributed by atoms with van der Waals surface area (Å²) in [6.07, 6.45) is 0. The Hall–Kier alpha value is -1.31. The Kier molecular flexibility index (Phi) is 3.94. The first kappa shape index (κ1) is 14.3. The average Bonchev–Trinajstić information content (AvgIpc) is 2.57. The number of halogens is 1. The van der Waals surface area contributed by atoms with Crippen molar-refractivity contribution in [3.05, 3.63) is 45.5 Å². The highest BCUT2D eigenvalue weighted by Gasteiger charge is 2.14. The summed E-state index contributed by atoms with van der Waals surface area (Å²) in [6.45, 7) is 4.60. The maximum Gasteiger partial charge on any atom is 0.103 e. The van der Waals surface area contributed by atoms with Gasteiger partial charge in [0.2, 0.25) is 0 Å². The molecule has 1 fully saturated rings. The molecular formula is C17H16IN3O. The van der Waals surface area contributed by atoms with E-state index in [1.54, 1.807) is 0 Å². The van der Waals surface area contributed by atoms with Crippen molar-refractivity contribution in [1.29, 1.82) is 0 Å². The molecule has 3 aromatic rings. The molecule has 112 valence electrons. The molecule has 0 N–H and O–H groups in total. The molecule has 4 nitrogen and oxygen atoms in total. The largest absolute Gasteiger partial charge is 0.379 e. The van der Waals surface area contributed by atoms with Gasteiger partial charge in [0, 0.05) is 23.2 Å². The van der Waals surface area contributed by atoms with Crippen molar-refractivity contribution in [3.63, 3.8) is 0 Å². The monoisotopic (exact) mass is 405 g/mol. The van der Waals surface area contributed by atoms with Gasteiger partial charge >= 0.3 is 0 Å². The summed E-state index contributed by atoms with van der Waals surface area (Å²) < 4.78 is 6.63. The third-order valence-corrected chi connectivity index (χ3v) is 5.23. The van der Waals surface area contributed by atoms with Crippen molar-refractivity contribution in [3.8, 4) is 0 Å². The third-order valence-electron chi connectivity index (χ3n) is 4.03. The quantitative estimate of drug-likeness (QED) is 0.485. The van der Waals surface area contributed by atoms with Crippen molar-refractivity contribution in [2.75, 3.05) is 26.3 Å². The van der Waals surface area contributed by atoms with E-state index in [0.29, 0.717) is 0 Å². The van der Waals surface area contributed by atoms with Crippen LogP contribution in [-0.2, 0) is 11.3 Å². The van der Waals surface area contributed by atoms with Crippen molar-refractivity contribution in [2.24, 2.45) is 0 Å². The number of fused-ring (bicyclic) bond motifs is 2. The van der Waals surface area contributed by atoms with Crippen molar-refractivity contribution >= 4 is 44.7 Å². The maximum atomic E-state index is 5.42. The van der Waals surface area contributed by atoms with Crippen LogP contribution < -0.4 is 0 Å². The number of rotatable bonds is 2. The van der Waals surface area contributed by atoms with Crippen LogP contribution in [0, 0.1) is 3.57 Å². The van der Waals surface area contributed by atoms with Gasteiger partial charge in [0.05, 0.1) is 29.8 Å². The topological polar surface area (TPSA) is 38.2 Å². The lowest BCUT2D eigenvalue weighted by atomic mass is 10.1. The number of para-hydroxylation sites is 2. The normalized spacial score (nSPS) is 16.4. The van der Waals surface area contributed by atoms with Crippen molar-refractivity contribution in [2.45, 2.75) is 6.54 Å². The molecule has 0 saturated carbocycles. The SMILES string of the molecule is Ic1c(CN2CCOCC2)ccc2nc3ccccc3nc12. The standard InChI is InChI=1S/C17H16IN3O/c18-16-12(11-21-7-9-22-10-8-21)5-6-15-17(16)20-14-4-2-1-3-13(14)19-15/h1-6H,7-11H2. The van der Waals surface area contributed by atoms with Gasteiger partial charge in [-0.2, -0.15) is 0 Å². The molecule has 5 heteroatoms. The fraction of sp³-hybridized carbons (Fsp3) is 0.294. The van der Waals surface area contributed by atoms with E-state index in [-0.39, 0.29) is 0 Å². The molecule has 4 rings (SSSR count). The molecule has 2 heterocycles. The van der Waals surface area contributed by atoms with Crippen LogP contribution in [0.5, 0.6) is 0 Å². The molecule has 1 aliphatic rings. The van der Waals surface area contributed by atoms with E-state index in [1.807, 2.05) is 24.3 Å². The summed E-state index contributed by atoms with van der Waals surface area (Å²) >= 11 is 2.41. The highest BCUT2D eigenvalue weighted by atomic mass is 127. The molecule has 1 saturated heterocycles. The van der Waals surface area contributed by atoms with E-state index in [4.69, 9.17) is 14.7 Å². The number of benzene rings is 2. The van der Waals surface area contributed by atoms with Crippen molar-refractivity contribution < 1.29 is 4.74 Å². The molecule has 0 amide bonds. The first-order valence-electron chi connectivity index (χ1n) is 7.45. The molecule has 0 atom stereocenters. The molecule has 0 aliphatic carbocycles. The van der Waals surface area contributed by atoms with Gasteiger partial charge in [0.1, 0.15) is 5.52 Å². The van der Waals surface area contributed by atoms with E-state index in [1.165, 1.54) is 9.13 Å². The zero-order valence-corrected chi connectivity index (χ0v) is 14.3. The number of morpholine rings is 1. The first-order chi connectivity index (χ1) is 10.8. The van der Waals surface area contributed by atoms with Gasteiger partial charge in [-0.05, 0) is 46.4 Å². The van der Waals surface area contributed by atoms with E-state index < -0.39 is 0 Å². The number of hydrogen-bond donors (Lipinski definition) is 0. The summed E-state index contributed by atoms with van der Waals surface area (Å²) in [6, 6.07) is 12.3. The van der Waals surface area contributed by atoms with Crippen LogP contribution >= 0.6 is 22.6 Å². The van der Waals surface area contributed by atoms with E-state index in [9.17, 15) is 0 Å². The predicted octanol–water partition coefficient (Wildman–Crippen LogP) is 3.22. The van der Waals surface area contributed by atoms with Crippen LogP contribution in [0.4, 0.5) is 0 Å². The maximum absolute atomic E-state index is 5.42. The highest BCUT2D eigenvalue weighted by molar-refractivity contribution is 14.1. The second-order valence-electron chi connectivity index (χ2n) is 5.51. The van der Waals surface area contributed by atoms with Gasteiger partial charge in [-0.15, -0.1) is 0 Å². The first-order valence-corrected chi connectivity index (χ1v) is 8.53. The highest BCUT2D eigenvalue weighted by Crippen LogP contribution is 2.25. The van der Waals surface area contributed by atoms with Gasteiger partial charge in [0.15, 0.2) is 0 Å². The number of aromatic nitrogens is 2. The predicted molar refractivity (Wildman–Crippen MR) is 95.9 cm³/mol. The zero-order valence-electron chi connectivity index (χ0n) is 12.1. The van der Waals surface area contributed by atoms with E-state index in [0.717, 1.165) is 54.9 Å². The van der Waals surface area contributed by atoms with Crippen LogP contribution in [0.25, 0.3) is 22.1 Å². The van der Waals surface area contributed by atoms with Gasteiger partial charge in [-0.3, -0.25) is 4.90 Å². The summed E-state index contributed by atoms with van der Waals surface area (Å²) in [5, 5.41) is 0. The molecule has 1 aromatic heterocycles. The summed E-state index contributed by atoms with van der Waals surface area (Å²) in [5.41, 5.74) is 5.20. The van der Waals surface area contributed by atoms with Gasteiger partial charge < -0.3 is 4.74 Å². The Bertz CT molecular complexity index is 831. The minimum atomic E-state index is 0.828. The van der Waals surface area contributed by atoms with Crippen molar-refractivity contribution in [1.82, 2.24) is 14.9 Å². The molecule has 0 radical (unpaired) electrons. The van der Waals surface area contributed by atoms with E-state index in [2.05, 4.69) is 39.6 Å². The molecule has 2 aromatic carbocycles. The lowest BCUT2D eigenvalue weighted by Gasteiger charge is -2.27. The van der Waals surface area contributed by atoms with Crippen LogP contribution in [-0.4, -0.2) is 41.2 Å². The molecule has 0 bridgehead atoms. The van der Waals surface area contributed by atoms with Crippen LogP contribution in [0.1, 0.15) is 5.56 Å². The third kappa shape index (κ3) is 2.68. The van der Waals surface area contributed by atoms with Crippen LogP contribution in [0.2, 0.25) is 0 Å². The molecular weight excluding hydrogens is 389 g/mol. The Balaban J connectivity index is 1.76. The average molecular weight is 405 g/mol. The number of nitrogens with zero attached hydrogens (tertiary/aromatic N) is 3. The van der Waals surface area contributed by atoms with Gasteiger partial charge in [-0.1, -0.05) is 18.2 Å². The Labute approximate surface area is 142 Å². The second-order valence-corrected chi connectivity index (χ2v) is 6.59. The summed E-state index contributed by atoms with van der Waals surface area (Å²) in [4.78, 5) is 12.0. The zero-order chi connectivity index (χ0) is 14.9. The summed E-state index contributed by atoms with van der Waals surface area (Å²) in [7, 11) is 0. The summed E-state index contributed by atoms with van der Waals surface area (Å²) in [5.74, 6) is 0. The molecule has 1 aliphatic heterocycles. The molecule has 0 unspecified atom stereocenters. The Morgan fingerprint density at radius 3 is 2.45 bits per heavy atom.